The zero-order valence-electron chi connectivity index (χ0n) is 17.6. The summed E-state index contributed by atoms with van der Waals surface area (Å²) in [4.78, 5) is 36.7. The van der Waals surface area contributed by atoms with E-state index in [0.717, 1.165) is 12.8 Å². The number of anilines is 1. The number of amides is 2. The van der Waals surface area contributed by atoms with Crippen LogP contribution >= 0.6 is 0 Å². The molecule has 0 radical (unpaired) electrons. The maximum atomic E-state index is 12.7. The molecule has 1 aliphatic rings. The van der Waals surface area contributed by atoms with Crippen LogP contribution in [-0.2, 0) is 4.79 Å². The third-order valence-corrected chi connectivity index (χ3v) is 4.55. The molecule has 2 aromatic rings. The van der Waals surface area contributed by atoms with E-state index in [1.165, 1.54) is 25.4 Å². The zero-order valence-corrected chi connectivity index (χ0v) is 17.6. The zero-order chi connectivity index (χ0) is 23.5. The number of pyridine rings is 1. The maximum Gasteiger partial charge on any atom is 0.422 e. The number of halogens is 3. The molecule has 3 rings (SSSR count). The van der Waals surface area contributed by atoms with Crippen molar-refractivity contribution in [2.45, 2.75) is 38.9 Å². The summed E-state index contributed by atoms with van der Waals surface area (Å²) in [5.41, 5.74) is 1.03. The monoisotopic (exact) mass is 453 g/mol. The third kappa shape index (κ3) is 6.28. The molecule has 1 saturated carbocycles. The Morgan fingerprint density at radius 1 is 1.25 bits per heavy atom. The number of ether oxygens (including phenoxy) is 2. The van der Waals surface area contributed by atoms with Gasteiger partial charge in [0, 0.05) is 17.8 Å². The fourth-order valence-corrected chi connectivity index (χ4v) is 2.74. The number of hydrogen-bond acceptors (Lipinski definition) is 7. The van der Waals surface area contributed by atoms with Crippen LogP contribution < -0.4 is 20.1 Å². The Bertz CT molecular complexity index is 1010. The predicted molar refractivity (Wildman–Crippen MR) is 106 cm³/mol. The largest absolute Gasteiger partial charge is 0.491 e. The molecule has 0 aromatic carbocycles. The van der Waals surface area contributed by atoms with Gasteiger partial charge in [0.15, 0.2) is 12.4 Å². The van der Waals surface area contributed by atoms with E-state index in [1.54, 1.807) is 13.8 Å². The first-order chi connectivity index (χ1) is 15.1. The fraction of sp³-hybridized carbons (Fsp3) is 0.450. The molecule has 2 amide bonds. The van der Waals surface area contributed by atoms with Gasteiger partial charge in [-0.05, 0) is 44.4 Å². The van der Waals surface area contributed by atoms with Crippen molar-refractivity contribution in [3.05, 3.63) is 35.3 Å². The number of nitrogens with zero attached hydrogens (tertiary/aromatic N) is 3. The molecule has 1 aliphatic carbocycles. The molecule has 12 heteroatoms. The summed E-state index contributed by atoms with van der Waals surface area (Å²) in [6.45, 7) is 1.83. The molecule has 0 saturated heterocycles. The van der Waals surface area contributed by atoms with Crippen LogP contribution in [0.15, 0.2) is 18.3 Å². The first-order valence-corrected chi connectivity index (χ1v) is 9.76. The van der Waals surface area contributed by atoms with Gasteiger partial charge in [0.1, 0.15) is 5.69 Å². The minimum Gasteiger partial charge on any atom is -0.491 e. The Hall–Kier alpha value is -3.44. The van der Waals surface area contributed by atoms with Crippen molar-refractivity contribution in [3.8, 4) is 11.6 Å². The van der Waals surface area contributed by atoms with Crippen LogP contribution in [0, 0.1) is 12.8 Å². The summed E-state index contributed by atoms with van der Waals surface area (Å²) in [5.74, 6) is -1.01. The van der Waals surface area contributed by atoms with E-state index in [0.29, 0.717) is 11.3 Å². The Kier molecular flexibility index (Phi) is 6.80. The Morgan fingerprint density at radius 3 is 2.59 bits per heavy atom. The topological polar surface area (TPSA) is 115 Å². The predicted octanol–water partition coefficient (Wildman–Crippen LogP) is 2.97. The van der Waals surface area contributed by atoms with Gasteiger partial charge in [0.2, 0.25) is 11.9 Å². The molecule has 32 heavy (non-hydrogen) atoms. The quantitative estimate of drug-likeness (QED) is 0.631. The van der Waals surface area contributed by atoms with Gasteiger partial charge < -0.3 is 14.8 Å². The van der Waals surface area contributed by atoms with Crippen molar-refractivity contribution in [1.82, 2.24) is 20.3 Å². The number of hydrogen-bond donors (Lipinski definition) is 2. The van der Waals surface area contributed by atoms with Crippen molar-refractivity contribution in [1.29, 1.82) is 0 Å². The van der Waals surface area contributed by atoms with Crippen molar-refractivity contribution < 1.29 is 32.2 Å². The molecule has 0 spiro atoms. The SMILES string of the molecule is COc1cc(C(C)NC(=O)c2cc(C)nc(NC(=O)C3CC3)n2)cnc1OCC(F)(F)F. The lowest BCUT2D eigenvalue weighted by atomic mass is 10.1. The highest BCUT2D eigenvalue weighted by Gasteiger charge is 2.31. The number of alkyl halides is 3. The standard InChI is InChI=1S/C20H22F3N5O4/c1-10-6-14(27-19(25-10)28-16(29)12-4-5-12)17(30)26-11(2)13-7-15(31-3)18(24-8-13)32-9-20(21,22)23/h6-8,11-12H,4-5,9H2,1-3H3,(H,26,30)(H,25,27,28,29). The summed E-state index contributed by atoms with van der Waals surface area (Å²) < 4.78 is 46.9. The molecule has 2 N–H and O–H groups in total. The van der Waals surface area contributed by atoms with Gasteiger partial charge in [-0.25, -0.2) is 15.0 Å². The average Bonchev–Trinajstić information content (AvgIpc) is 3.56. The van der Waals surface area contributed by atoms with E-state index in [1.807, 2.05) is 0 Å². The molecule has 172 valence electrons. The number of carbonyl (C=O) groups is 2. The van der Waals surface area contributed by atoms with E-state index >= 15 is 0 Å². The van der Waals surface area contributed by atoms with E-state index in [-0.39, 0.29) is 35.1 Å². The van der Waals surface area contributed by atoms with Crippen molar-refractivity contribution >= 4 is 17.8 Å². The molecule has 1 fully saturated rings. The van der Waals surface area contributed by atoms with Crippen LogP contribution in [-0.4, -0.2) is 46.7 Å². The van der Waals surface area contributed by atoms with E-state index in [9.17, 15) is 22.8 Å². The molecular formula is C20H22F3N5O4. The van der Waals surface area contributed by atoms with Crippen LogP contribution in [0.5, 0.6) is 11.6 Å². The number of carbonyl (C=O) groups excluding carboxylic acids is 2. The number of methoxy groups -OCH3 is 1. The lowest BCUT2D eigenvalue weighted by Gasteiger charge is -2.17. The smallest absolute Gasteiger partial charge is 0.422 e. The van der Waals surface area contributed by atoms with Crippen LogP contribution in [0.1, 0.15) is 47.6 Å². The van der Waals surface area contributed by atoms with Gasteiger partial charge in [0.05, 0.1) is 13.2 Å². The Morgan fingerprint density at radius 2 is 1.97 bits per heavy atom. The molecule has 9 nitrogen and oxygen atoms in total. The number of aromatic nitrogens is 3. The van der Waals surface area contributed by atoms with Gasteiger partial charge in [0.25, 0.3) is 11.8 Å². The number of aryl methyl sites for hydroxylation is 1. The minimum absolute atomic E-state index is 0.00389. The van der Waals surface area contributed by atoms with E-state index < -0.39 is 24.7 Å². The first-order valence-electron chi connectivity index (χ1n) is 9.76. The highest BCUT2D eigenvalue weighted by Crippen LogP contribution is 2.30. The lowest BCUT2D eigenvalue weighted by Crippen LogP contribution is -2.28. The molecule has 2 heterocycles. The average molecular weight is 453 g/mol. The lowest BCUT2D eigenvalue weighted by molar-refractivity contribution is -0.154. The van der Waals surface area contributed by atoms with Crippen LogP contribution in [0.2, 0.25) is 0 Å². The van der Waals surface area contributed by atoms with Gasteiger partial charge >= 0.3 is 6.18 Å². The van der Waals surface area contributed by atoms with Crippen molar-refractivity contribution in [2.75, 3.05) is 19.0 Å². The Labute approximate surface area is 181 Å². The molecule has 2 aromatic heterocycles. The Balaban J connectivity index is 1.69. The van der Waals surface area contributed by atoms with Crippen molar-refractivity contribution in [3.63, 3.8) is 0 Å². The number of rotatable bonds is 8. The van der Waals surface area contributed by atoms with Crippen LogP contribution in [0.3, 0.4) is 0 Å². The fourth-order valence-electron chi connectivity index (χ4n) is 2.74. The highest BCUT2D eigenvalue weighted by molar-refractivity contribution is 5.95. The summed E-state index contributed by atoms with van der Waals surface area (Å²) >= 11 is 0. The minimum atomic E-state index is -4.51. The van der Waals surface area contributed by atoms with Gasteiger partial charge in [-0.15, -0.1) is 0 Å². The van der Waals surface area contributed by atoms with E-state index in [2.05, 4.69) is 30.3 Å². The van der Waals surface area contributed by atoms with E-state index in [4.69, 9.17) is 4.74 Å². The van der Waals surface area contributed by atoms with Gasteiger partial charge in [-0.2, -0.15) is 13.2 Å². The second kappa shape index (κ2) is 9.37. The summed E-state index contributed by atoms with van der Waals surface area (Å²) in [6, 6.07) is 2.32. The second-order valence-electron chi connectivity index (χ2n) is 7.36. The van der Waals surface area contributed by atoms with Crippen LogP contribution in [0.25, 0.3) is 0 Å². The highest BCUT2D eigenvalue weighted by atomic mass is 19.4. The molecule has 1 atom stereocenters. The maximum absolute atomic E-state index is 12.7. The molecule has 0 aliphatic heterocycles. The molecular weight excluding hydrogens is 431 g/mol. The summed E-state index contributed by atoms with van der Waals surface area (Å²) in [7, 11) is 1.27. The van der Waals surface area contributed by atoms with Gasteiger partial charge in [-0.3, -0.25) is 14.9 Å². The van der Waals surface area contributed by atoms with Crippen LogP contribution in [0.4, 0.5) is 19.1 Å². The third-order valence-electron chi connectivity index (χ3n) is 4.55. The summed E-state index contributed by atoms with van der Waals surface area (Å²) in [6.07, 6.45) is -1.59. The summed E-state index contributed by atoms with van der Waals surface area (Å²) in [5, 5.41) is 5.33. The number of nitrogens with one attached hydrogen (secondary N) is 2. The molecule has 1 unspecified atom stereocenters. The normalized spacial score (nSPS) is 14.4. The van der Waals surface area contributed by atoms with Gasteiger partial charge in [-0.1, -0.05) is 0 Å². The van der Waals surface area contributed by atoms with Crippen molar-refractivity contribution in [2.24, 2.45) is 5.92 Å². The molecule has 0 bridgehead atoms. The first kappa shape index (κ1) is 23.2. The second-order valence-corrected chi connectivity index (χ2v) is 7.36.